The smallest absolute Gasteiger partial charge is 0.159 e. The van der Waals surface area contributed by atoms with Crippen molar-refractivity contribution < 1.29 is 9.47 Å². The second kappa shape index (κ2) is 18.4. The van der Waals surface area contributed by atoms with Gasteiger partial charge in [0.15, 0.2) is 5.82 Å². The Hall–Kier alpha value is -2.88. The first-order valence-corrected chi connectivity index (χ1v) is 15.5. The maximum Gasteiger partial charge on any atom is 0.159 e. The van der Waals surface area contributed by atoms with Crippen LogP contribution in [0, 0.1) is 5.92 Å². The molecular formula is C35H50N2O2. The van der Waals surface area contributed by atoms with Gasteiger partial charge in [-0.2, -0.15) is 0 Å². The van der Waals surface area contributed by atoms with Crippen molar-refractivity contribution in [3.8, 4) is 34.0 Å². The molecule has 0 spiro atoms. The van der Waals surface area contributed by atoms with Gasteiger partial charge in [0.2, 0.25) is 0 Å². The van der Waals surface area contributed by atoms with Crippen LogP contribution in [0.1, 0.15) is 104 Å². The number of benzene rings is 2. The van der Waals surface area contributed by atoms with Gasteiger partial charge in [0.05, 0.1) is 13.2 Å². The van der Waals surface area contributed by atoms with Crippen LogP contribution in [0.3, 0.4) is 0 Å². The van der Waals surface area contributed by atoms with E-state index in [1.807, 2.05) is 48.8 Å². The molecule has 4 heteroatoms. The predicted molar refractivity (Wildman–Crippen MR) is 164 cm³/mol. The molecule has 0 bridgehead atoms. The molecule has 39 heavy (non-hydrogen) atoms. The number of unbranched alkanes of at least 4 members (excludes halogenated alkanes) is 9. The van der Waals surface area contributed by atoms with Gasteiger partial charge in [0.1, 0.15) is 11.5 Å². The van der Waals surface area contributed by atoms with Crippen molar-refractivity contribution in [2.75, 3.05) is 13.2 Å². The van der Waals surface area contributed by atoms with Crippen LogP contribution >= 0.6 is 0 Å². The molecule has 3 rings (SSSR count). The third-order valence-corrected chi connectivity index (χ3v) is 7.53. The second-order valence-electron chi connectivity index (χ2n) is 10.9. The van der Waals surface area contributed by atoms with E-state index in [-0.39, 0.29) is 0 Å². The van der Waals surface area contributed by atoms with Crippen LogP contribution in [-0.2, 0) is 0 Å². The monoisotopic (exact) mass is 530 g/mol. The van der Waals surface area contributed by atoms with Gasteiger partial charge >= 0.3 is 0 Å². The van der Waals surface area contributed by atoms with Crippen LogP contribution in [-0.4, -0.2) is 23.2 Å². The first-order valence-electron chi connectivity index (χ1n) is 15.5. The summed E-state index contributed by atoms with van der Waals surface area (Å²) in [5, 5.41) is 0. The topological polar surface area (TPSA) is 44.2 Å². The molecule has 0 N–H and O–H groups in total. The average Bonchev–Trinajstić information content (AvgIpc) is 2.98. The number of aromatic nitrogens is 2. The van der Waals surface area contributed by atoms with Crippen molar-refractivity contribution in [3.63, 3.8) is 0 Å². The van der Waals surface area contributed by atoms with Gasteiger partial charge in [-0.3, -0.25) is 0 Å². The predicted octanol–water partition coefficient (Wildman–Crippen LogP) is 10.3. The normalized spacial score (nSPS) is 11.9. The molecule has 1 heterocycles. The molecule has 0 radical (unpaired) electrons. The number of hydrogen-bond acceptors (Lipinski definition) is 4. The summed E-state index contributed by atoms with van der Waals surface area (Å²) in [6.45, 7) is 8.43. The quantitative estimate of drug-likeness (QED) is 0.136. The fraction of sp³-hybridized carbons (Fsp3) is 0.543. The van der Waals surface area contributed by atoms with Gasteiger partial charge in [-0.25, -0.2) is 9.97 Å². The van der Waals surface area contributed by atoms with Gasteiger partial charge in [-0.05, 0) is 60.7 Å². The van der Waals surface area contributed by atoms with E-state index in [4.69, 9.17) is 9.47 Å². The Kier molecular flexibility index (Phi) is 14.5. The summed E-state index contributed by atoms with van der Waals surface area (Å²) in [6, 6.07) is 16.3. The van der Waals surface area contributed by atoms with E-state index in [9.17, 15) is 0 Å². The molecule has 0 aliphatic carbocycles. The summed E-state index contributed by atoms with van der Waals surface area (Å²) in [5.74, 6) is 3.39. The molecule has 1 aromatic heterocycles. The lowest BCUT2D eigenvalue weighted by Crippen LogP contribution is -1.98. The Morgan fingerprint density at radius 1 is 0.564 bits per heavy atom. The Labute approximate surface area is 237 Å². The number of rotatable bonds is 20. The lowest BCUT2D eigenvalue weighted by atomic mass is 10.0. The highest BCUT2D eigenvalue weighted by Crippen LogP contribution is 2.24. The highest BCUT2D eigenvalue weighted by Gasteiger charge is 2.05. The molecule has 0 saturated carbocycles. The summed E-state index contributed by atoms with van der Waals surface area (Å²) in [7, 11) is 0. The van der Waals surface area contributed by atoms with E-state index in [0.717, 1.165) is 66.0 Å². The van der Waals surface area contributed by atoms with Crippen molar-refractivity contribution in [1.29, 1.82) is 0 Å². The van der Waals surface area contributed by atoms with Crippen LogP contribution in [0.2, 0.25) is 0 Å². The van der Waals surface area contributed by atoms with E-state index in [1.54, 1.807) is 0 Å². The maximum absolute atomic E-state index is 5.93. The molecule has 4 nitrogen and oxygen atoms in total. The number of nitrogens with zero attached hydrogens (tertiary/aromatic N) is 2. The zero-order valence-corrected chi connectivity index (χ0v) is 24.7. The largest absolute Gasteiger partial charge is 0.494 e. The average molecular weight is 531 g/mol. The number of ether oxygens (including phenoxy) is 2. The van der Waals surface area contributed by atoms with Gasteiger partial charge in [-0.15, -0.1) is 0 Å². The molecule has 2 aromatic carbocycles. The first kappa shape index (κ1) is 30.7. The van der Waals surface area contributed by atoms with Gasteiger partial charge in [0.25, 0.3) is 0 Å². The maximum atomic E-state index is 5.93. The molecule has 0 unspecified atom stereocenters. The SMILES string of the molecule is CCCCCCCCCCOc1ccc(-c2ncc(-c3ccc(OCCCCC[C@@H](C)CC)cc3)cn2)cc1. The van der Waals surface area contributed by atoms with Crippen molar-refractivity contribution in [3.05, 3.63) is 60.9 Å². The summed E-state index contributed by atoms with van der Waals surface area (Å²) in [5.41, 5.74) is 3.08. The fourth-order valence-electron chi connectivity index (χ4n) is 4.66. The van der Waals surface area contributed by atoms with Gasteiger partial charge < -0.3 is 9.47 Å². The second-order valence-corrected chi connectivity index (χ2v) is 10.9. The van der Waals surface area contributed by atoms with Crippen LogP contribution in [0.5, 0.6) is 11.5 Å². The van der Waals surface area contributed by atoms with Crippen LogP contribution in [0.25, 0.3) is 22.5 Å². The van der Waals surface area contributed by atoms with E-state index in [1.165, 1.54) is 70.6 Å². The van der Waals surface area contributed by atoms with Crippen molar-refractivity contribution in [2.45, 2.75) is 104 Å². The van der Waals surface area contributed by atoms with Crippen LogP contribution in [0.4, 0.5) is 0 Å². The minimum absolute atomic E-state index is 0.724. The number of hydrogen-bond donors (Lipinski definition) is 0. The van der Waals surface area contributed by atoms with Crippen molar-refractivity contribution >= 4 is 0 Å². The lowest BCUT2D eigenvalue weighted by Gasteiger charge is -2.09. The van der Waals surface area contributed by atoms with Gasteiger partial charge in [-0.1, -0.05) is 104 Å². The lowest BCUT2D eigenvalue weighted by molar-refractivity contribution is 0.302. The molecule has 3 aromatic rings. The zero-order valence-electron chi connectivity index (χ0n) is 24.7. The first-order chi connectivity index (χ1) is 19.2. The Balaban J connectivity index is 1.37. The molecule has 0 saturated heterocycles. The Morgan fingerprint density at radius 2 is 1.05 bits per heavy atom. The van der Waals surface area contributed by atoms with Crippen molar-refractivity contribution in [2.24, 2.45) is 5.92 Å². The summed E-state index contributed by atoms with van der Waals surface area (Å²) in [4.78, 5) is 9.23. The van der Waals surface area contributed by atoms with Crippen LogP contribution < -0.4 is 9.47 Å². The zero-order chi connectivity index (χ0) is 27.5. The third kappa shape index (κ3) is 11.8. The minimum atomic E-state index is 0.724. The van der Waals surface area contributed by atoms with Crippen LogP contribution in [0.15, 0.2) is 60.9 Å². The van der Waals surface area contributed by atoms with E-state index in [0.29, 0.717) is 0 Å². The molecular weight excluding hydrogens is 480 g/mol. The minimum Gasteiger partial charge on any atom is -0.494 e. The molecule has 0 amide bonds. The Morgan fingerprint density at radius 3 is 1.59 bits per heavy atom. The van der Waals surface area contributed by atoms with E-state index in [2.05, 4.69) is 42.9 Å². The van der Waals surface area contributed by atoms with E-state index < -0.39 is 0 Å². The summed E-state index contributed by atoms with van der Waals surface area (Å²) >= 11 is 0. The Bertz CT molecular complexity index is 1020. The highest BCUT2D eigenvalue weighted by atomic mass is 16.5. The van der Waals surface area contributed by atoms with Gasteiger partial charge in [0, 0.05) is 23.5 Å². The van der Waals surface area contributed by atoms with Crippen molar-refractivity contribution in [1.82, 2.24) is 9.97 Å². The summed E-state index contributed by atoms with van der Waals surface area (Å²) in [6.07, 6.45) is 20.5. The fourth-order valence-corrected chi connectivity index (χ4v) is 4.66. The molecule has 0 fully saturated rings. The molecule has 1 atom stereocenters. The van der Waals surface area contributed by atoms with E-state index >= 15 is 0 Å². The summed E-state index contributed by atoms with van der Waals surface area (Å²) < 4.78 is 11.9. The molecule has 212 valence electrons. The highest BCUT2D eigenvalue weighted by molar-refractivity contribution is 5.64. The molecule has 0 aliphatic rings. The third-order valence-electron chi connectivity index (χ3n) is 7.53. The standard InChI is InChI=1S/C35H50N2O2/c1-4-6-7-8-9-10-11-14-25-38-34-23-19-31(20-24-34)35-36-27-32(28-37-35)30-17-21-33(22-18-30)39-26-15-12-13-16-29(3)5-2/h17-24,27-29H,4-16,25-26H2,1-3H3/t29-/m0/s1. The molecule has 0 aliphatic heterocycles.